The van der Waals surface area contributed by atoms with Crippen LogP contribution in [0.1, 0.15) is 64.4 Å². The van der Waals surface area contributed by atoms with Crippen molar-refractivity contribution in [3.8, 4) is 11.5 Å². The number of phenolic OH excluding ortho intramolecular Hbond substituents is 1. The van der Waals surface area contributed by atoms with Gasteiger partial charge in [-0.05, 0) is 98.2 Å². The molecule has 4 aromatic rings. The molecule has 10 heteroatoms. The van der Waals surface area contributed by atoms with Gasteiger partial charge in [0.2, 0.25) is 5.56 Å². The van der Waals surface area contributed by atoms with E-state index in [1.54, 1.807) is 42.5 Å². The lowest BCUT2D eigenvalue weighted by molar-refractivity contribution is -0.144. The van der Waals surface area contributed by atoms with Crippen LogP contribution in [0.15, 0.2) is 71.5 Å². The summed E-state index contributed by atoms with van der Waals surface area (Å²) in [6.07, 6.45) is 2.61. The van der Waals surface area contributed by atoms with E-state index in [4.69, 9.17) is 4.74 Å². The number of carboxylic acid groups (broad SMARTS) is 1. The van der Waals surface area contributed by atoms with Crippen molar-refractivity contribution in [2.45, 2.75) is 50.7 Å². The third-order valence-corrected chi connectivity index (χ3v) is 8.28. The van der Waals surface area contributed by atoms with Crippen molar-refractivity contribution in [2.24, 2.45) is 0 Å². The van der Waals surface area contributed by atoms with Crippen molar-refractivity contribution in [1.29, 1.82) is 0 Å². The largest absolute Gasteiger partial charge is 0.506 e. The SMILES string of the molecule is Cc1cccc2c1CCC2(NC(=O)c1cccc(OCCCCCNCC(O)c2ccc(O)c3[nH]c(=O)ccc23)c1)C(=O)O. The number of aromatic hydroxyl groups is 1. The highest BCUT2D eigenvalue weighted by molar-refractivity contribution is 5.99. The monoisotopic (exact) mass is 599 g/mol. The molecule has 1 heterocycles. The Labute approximate surface area is 254 Å². The first kappa shape index (κ1) is 30.8. The fourth-order valence-corrected chi connectivity index (χ4v) is 5.90. The predicted molar refractivity (Wildman–Crippen MR) is 166 cm³/mol. The number of carbonyl (C=O) groups excluding carboxylic acids is 1. The molecule has 3 aromatic carbocycles. The number of carbonyl (C=O) groups is 2. The first-order valence-electron chi connectivity index (χ1n) is 14.8. The van der Waals surface area contributed by atoms with Gasteiger partial charge in [-0.3, -0.25) is 9.59 Å². The number of benzene rings is 3. The first-order valence-corrected chi connectivity index (χ1v) is 14.8. The van der Waals surface area contributed by atoms with Gasteiger partial charge in [0, 0.05) is 23.6 Å². The number of nitrogens with one attached hydrogen (secondary N) is 3. The zero-order chi connectivity index (χ0) is 31.3. The number of ether oxygens (including phenoxy) is 1. The molecule has 5 rings (SSSR count). The fourth-order valence-electron chi connectivity index (χ4n) is 5.90. The maximum absolute atomic E-state index is 13.2. The zero-order valence-corrected chi connectivity index (χ0v) is 24.6. The summed E-state index contributed by atoms with van der Waals surface area (Å²) in [5.41, 5.74) is 2.10. The Kier molecular flexibility index (Phi) is 9.32. The smallest absolute Gasteiger partial charge is 0.334 e. The number of unbranched alkanes of at least 4 members (excludes halogenated alkanes) is 2. The Morgan fingerprint density at radius 3 is 2.68 bits per heavy atom. The summed E-state index contributed by atoms with van der Waals surface area (Å²) in [5, 5.41) is 37.5. The number of H-pyrrole nitrogens is 1. The van der Waals surface area contributed by atoms with Crippen molar-refractivity contribution >= 4 is 22.8 Å². The quantitative estimate of drug-likeness (QED) is 0.125. The van der Waals surface area contributed by atoms with Crippen LogP contribution >= 0.6 is 0 Å². The van der Waals surface area contributed by atoms with Crippen LogP contribution in [0.25, 0.3) is 10.9 Å². The average Bonchev–Trinajstić information content (AvgIpc) is 3.39. The Balaban J connectivity index is 1.06. The molecule has 0 spiro atoms. The second-order valence-electron chi connectivity index (χ2n) is 11.2. The molecule has 0 bridgehead atoms. The molecule has 230 valence electrons. The first-order chi connectivity index (χ1) is 21.2. The highest BCUT2D eigenvalue weighted by Gasteiger charge is 2.47. The second kappa shape index (κ2) is 13.3. The van der Waals surface area contributed by atoms with E-state index in [0.29, 0.717) is 65.9 Å². The number of phenols is 1. The number of carboxylic acids is 1. The van der Waals surface area contributed by atoms with Crippen LogP contribution in [0.5, 0.6) is 11.5 Å². The number of aliphatic carboxylic acids is 1. The molecule has 2 atom stereocenters. The molecule has 2 unspecified atom stereocenters. The fraction of sp³-hybridized carbons (Fsp3) is 0.324. The Morgan fingerprint density at radius 2 is 1.86 bits per heavy atom. The van der Waals surface area contributed by atoms with E-state index in [1.165, 1.54) is 12.1 Å². The molecule has 0 radical (unpaired) electrons. The number of rotatable bonds is 13. The van der Waals surface area contributed by atoms with Crippen molar-refractivity contribution in [3.63, 3.8) is 0 Å². The number of amides is 1. The molecule has 0 fully saturated rings. The summed E-state index contributed by atoms with van der Waals surface area (Å²) >= 11 is 0. The number of aliphatic hydroxyl groups is 1. The van der Waals surface area contributed by atoms with Crippen LogP contribution in [-0.2, 0) is 16.8 Å². The van der Waals surface area contributed by atoms with E-state index in [1.807, 2.05) is 19.1 Å². The highest BCUT2D eigenvalue weighted by atomic mass is 16.5. The molecule has 1 aliphatic rings. The third kappa shape index (κ3) is 6.46. The van der Waals surface area contributed by atoms with Crippen LogP contribution in [0.3, 0.4) is 0 Å². The number of fused-ring (bicyclic) bond motifs is 2. The van der Waals surface area contributed by atoms with Crippen LogP contribution < -0.4 is 20.9 Å². The lowest BCUT2D eigenvalue weighted by Gasteiger charge is -2.27. The van der Waals surface area contributed by atoms with E-state index in [9.17, 15) is 29.7 Å². The summed E-state index contributed by atoms with van der Waals surface area (Å²) in [6, 6.07) is 18.4. The van der Waals surface area contributed by atoms with E-state index in [0.717, 1.165) is 30.4 Å². The summed E-state index contributed by atoms with van der Waals surface area (Å²) < 4.78 is 5.87. The lowest BCUT2D eigenvalue weighted by Crippen LogP contribution is -2.50. The molecule has 44 heavy (non-hydrogen) atoms. The standard InChI is InChI=1S/C34H37N3O7/c1-21-7-5-10-27-24(21)15-16-34(27,33(42)43)37-32(41)22-8-6-9-23(19-22)44-18-4-2-3-17-35-20-29(39)25-11-13-28(38)31-26(25)12-14-30(40)36-31/h5-14,19,29,35,38-39H,2-4,15-18,20H2,1H3,(H,36,40)(H,37,41)(H,42,43). The number of aryl methyl sites for hydroxylation is 1. The molecule has 0 saturated carbocycles. The van der Waals surface area contributed by atoms with Crippen LogP contribution in [0.4, 0.5) is 0 Å². The maximum atomic E-state index is 13.2. The summed E-state index contributed by atoms with van der Waals surface area (Å²) in [6.45, 7) is 3.41. The maximum Gasteiger partial charge on any atom is 0.334 e. The number of hydrogen-bond acceptors (Lipinski definition) is 7. The third-order valence-electron chi connectivity index (χ3n) is 8.28. The van der Waals surface area contributed by atoms with Gasteiger partial charge in [-0.25, -0.2) is 4.79 Å². The molecular weight excluding hydrogens is 562 g/mol. The van der Waals surface area contributed by atoms with Crippen LogP contribution in [-0.4, -0.2) is 51.9 Å². The molecule has 1 aliphatic carbocycles. The zero-order valence-electron chi connectivity index (χ0n) is 24.6. The van der Waals surface area contributed by atoms with Crippen molar-refractivity contribution in [1.82, 2.24) is 15.6 Å². The van der Waals surface area contributed by atoms with E-state index in [2.05, 4.69) is 15.6 Å². The summed E-state index contributed by atoms with van der Waals surface area (Å²) in [7, 11) is 0. The number of aromatic amines is 1. The molecular formula is C34H37N3O7. The molecule has 10 nitrogen and oxygen atoms in total. The van der Waals surface area contributed by atoms with Gasteiger partial charge in [0.25, 0.3) is 5.91 Å². The molecule has 0 aliphatic heterocycles. The normalized spacial score (nSPS) is 16.4. The van der Waals surface area contributed by atoms with Gasteiger partial charge in [-0.15, -0.1) is 0 Å². The highest BCUT2D eigenvalue weighted by Crippen LogP contribution is 2.39. The Morgan fingerprint density at radius 1 is 1.05 bits per heavy atom. The van der Waals surface area contributed by atoms with Gasteiger partial charge in [0.1, 0.15) is 11.5 Å². The molecule has 6 N–H and O–H groups in total. The minimum absolute atomic E-state index is 0.0457. The second-order valence-corrected chi connectivity index (χ2v) is 11.2. The molecule has 1 aromatic heterocycles. The number of hydrogen-bond donors (Lipinski definition) is 6. The Bertz CT molecular complexity index is 1730. The van der Waals surface area contributed by atoms with Crippen LogP contribution in [0, 0.1) is 6.92 Å². The summed E-state index contributed by atoms with van der Waals surface area (Å²) in [4.78, 5) is 39.8. The lowest BCUT2D eigenvalue weighted by atomic mass is 9.90. The van der Waals surface area contributed by atoms with Gasteiger partial charge in [-0.1, -0.05) is 30.3 Å². The average molecular weight is 600 g/mol. The Hall–Kier alpha value is -4.67. The van der Waals surface area contributed by atoms with Crippen molar-refractivity contribution in [3.05, 3.63) is 105 Å². The van der Waals surface area contributed by atoms with E-state index < -0.39 is 23.5 Å². The van der Waals surface area contributed by atoms with Gasteiger partial charge >= 0.3 is 5.97 Å². The molecule has 0 saturated heterocycles. The molecule has 1 amide bonds. The van der Waals surface area contributed by atoms with Gasteiger partial charge < -0.3 is 35.7 Å². The number of pyridine rings is 1. The minimum Gasteiger partial charge on any atom is -0.506 e. The van der Waals surface area contributed by atoms with Crippen molar-refractivity contribution < 1.29 is 29.6 Å². The van der Waals surface area contributed by atoms with Crippen LogP contribution in [0.2, 0.25) is 0 Å². The number of aromatic nitrogens is 1. The van der Waals surface area contributed by atoms with Crippen molar-refractivity contribution in [2.75, 3.05) is 19.7 Å². The van der Waals surface area contributed by atoms with E-state index >= 15 is 0 Å². The number of aliphatic hydroxyl groups excluding tert-OH is 1. The minimum atomic E-state index is -1.46. The van der Waals surface area contributed by atoms with Gasteiger partial charge in [0.05, 0.1) is 18.2 Å². The topological polar surface area (TPSA) is 161 Å². The van der Waals surface area contributed by atoms with Gasteiger partial charge in [0.15, 0.2) is 5.54 Å². The van der Waals surface area contributed by atoms with E-state index in [-0.39, 0.29) is 11.3 Å². The summed E-state index contributed by atoms with van der Waals surface area (Å²) in [5.74, 6) is -1.05. The predicted octanol–water partition coefficient (Wildman–Crippen LogP) is 4.07. The van der Waals surface area contributed by atoms with Gasteiger partial charge in [-0.2, -0.15) is 0 Å².